The molecule has 2 aliphatic rings. The minimum Gasteiger partial charge on any atom is -0.384 e. The summed E-state index contributed by atoms with van der Waals surface area (Å²) in [5, 5.41) is 0. The Morgan fingerprint density at radius 3 is 2.12 bits per heavy atom. The van der Waals surface area contributed by atoms with Crippen LogP contribution in [0.3, 0.4) is 0 Å². The first-order valence-corrected chi connectivity index (χ1v) is 10.9. The molecule has 0 N–H and O–H groups in total. The van der Waals surface area contributed by atoms with Gasteiger partial charge in [-0.2, -0.15) is 0 Å². The molecule has 2 aromatic carbocycles. The molecule has 5 nitrogen and oxygen atoms in total. The highest BCUT2D eigenvalue weighted by Gasteiger charge is 2.53. The largest absolute Gasteiger partial charge is 0.384 e. The number of halogens is 1. The standard InChI is InChI=1S/C26H28FNO4/c1-16-10-19(18-4-6-20(27)7-5-18)11-17(2)24(16)25-21(29)12-26(13-22(25)30)14-28(15-26)23(31)8-9-32-3/h4-7,10-11,25H,8-9,12-15H2,1-3H3. The van der Waals surface area contributed by atoms with Gasteiger partial charge in [-0.05, 0) is 53.8 Å². The Hall–Kier alpha value is -2.86. The van der Waals surface area contributed by atoms with E-state index in [1.165, 1.54) is 12.1 Å². The van der Waals surface area contributed by atoms with Gasteiger partial charge in [-0.1, -0.05) is 24.3 Å². The fourth-order valence-corrected chi connectivity index (χ4v) is 5.26. The summed E-state index contributed by atoms with van der Waals surface area (Å²) >= 11 is 0. The first kappa shape index (κ1) is 22.3. The van der Waals surface area contributed by atoms with E-state index in [0.29, 0.717) is 39.0 Å². The maximum atomic E-state index is 13.3. The predicted octanol–water partition coefficient (Wildman–Crippen LogP) is 3.99. The summed E-state index contributed by atoms with van der Waals surface area (Å²) in [5.74, 6) is -1.17. The van der Waals surface area contributed by atoms with Crippen molar-refractivity contribution in [2.24, 2.45) is 5.41 Å². The zero-order chi connectivity index (χ0) is 23.0. The Bertz CT molecular complexity index is 1030. The van der Waals surface area contributed by atoms with Gasteiger partial charge in [0.2, 0.25) is 5.91 Å². The highest BCUT2D eigenvalue weighted by Crippen LogP contribution is 2.46. The molecule has 1 aliphatic carbocycles. The third-order valence-corrected chi connectivity index (χ3v) is 6.73. The molecule has 32 heavy (non-hydrogen) atoms. The van der Waals surface area contributed by atoms with Crippen LogP contribution < -0.4 is 0 Å². The summed E-state index contributed by atoms with van der Waals surface area (Å²) in [7, 11) is 1.56. The number of carbonyl (C=O) groups excluding carboxylic acids is 3. The molecule has 1 aliphatic heterocycles. The average molecular weight is 438 g/mol. The molecule has 6 heteroatoms. The third kappa shape index (κ3) is 4.11. The number of ether oxygens (including phenoxy) is 1. The van der Waals surface area contributed by atoms with Crippen LogP contribution in [-0.2, 0) is 19.1 Å². The number of hydrogen-bond acceptors (Lipinski definition) is 4. The van der Waals surface area contributed by atoms with Crippen LogP contribution in [0.4, 0.5) is 4.39 Å². The first-order valence-electron chi connectivity index (χ1n) is 10.9. The van der Waals surface area contributed by atoms with Gasteiger partial charge >= 0.3 is 0 Å². The number of benzene rings is 2. The number of aryl methyl sites for hydroxylation is 2. The second-order valence-electron chi connectivity index (χ2n) is 9.24. The van der Waals surface area contributed by atoms with Gasteiger partial charge in [0.25, 0.3) is 0 Å². The number of hydrogen-bond donors (Lipinski definition) is 0. The van der Waals surface area contributed by atoms with Crippen molar-refractivity contribution in [2.75, 3.05) is 26.8 Å². The van der Waals surface area contributed by atoms with Crippen molar-refractivity contribution in [1.29, 1.82) is 0 Å². The zero-order valence-corrected chi connectivity index (χ0v) is 18.7. The second kappa shape index (κ2) is 8.58. The maximum Gasteiger partial charge on any atom is 0.224 e. The van der Waals surface area contributed by atoms with E-state index in [0.717, 1.165) is 27.8 Å². The summed E-state index contributed by atoms with van der Waals surface area (Å²) in [4.78, 5) is 40.2. The maximum absolute atomic E-state index is 13.3. The quantitative estimate of drug-likeness (QED) is 0.664. The van der Waals surface area contributed by atoms with Crippen LogP contribution in [0.1, 0.15) is 41.9 Å². The lowest BCUT2D eigenvalue weighted by Crippen LogP contribution is -2.62. The Morgan fingerprint density at radius 1 is 1.03 bits per heavy atom. The number of nitrogens with zero attached hydrogens (tertiary/aromatic N) is 1. The summed E-state index contributed by atoms with van der Waals surface area (Å²) in [6.45, 7) is 5.12. The van der Waals surface area contributed by atoms with Gasteiger partial charge in [-0.15, -0.1) is 0 Å². The van der Waals surface area contributed by atoms with E-state index in [9.17, 15) is 18.8 Å². The van der Waals surface area contributed by atoms with Crippen molar-refractivity contribution in [3.8, 4) is 11.1 Å². The van der Waals surface area contributed by atoms with Gasteiger partial charge in [-0.3, -0.25) is 14.4 Å². The number of amides is 1. The number of ketones is 2. The lowest BCUT2D eigenvalue weighted by molar-refractivity contribution is -0.155. The van der Waals surface area contributed by atoms with E-state index in [4.69, 9.17) is 4.74 Å². The minimum absolute atomic E-state index is 0.00238. The van der Waals surface area contributed by atoms with Crippen molar-refractivity contribution >= 4 is 17.5 Å². The van der Waals surface area contributed by atoms with E-state index in [-0.39, 0.29) is 23.3 Å². The van der Waals surface area contributed by atoms with Crippen LogP contribution in [0.2, 0.25) is 0 Å². The molecule has 1 saturated heterocycles. The fraction of sp³-hybridized carbons (Fsp3) is 0.423. The Morgan fingerprint density at radius 2 is 1.59 bits per heavy atom. The summed E-state index contributed by atoms with van der Waals surface area (Å²) in [5.41, 5.74) is 3.96. The number of rotatable bonds is 5. The summed E-state index contributed by atoms with van der Waals surface area (Å²) in [6.07, 6.45) is 0.946. The SMILES string of the molecule is COCCC(=O)N1CC2(CC(=O)C(c3c(C)cc(-c4ccc(F)cc4)cc3C)C(=O)C2)C1. The summed E-state index contributed by atoms with van der Waals surface area (Å²) < 4.78 is 18.2. The minimum atomic E-state index is -0.749. The van der Waals surface area contributed by atoms with Gasteiger partial charge in [0.1, 0.15) is 23.3 Å². The molecule has 2 fully saturated rings. The van der Waals surface area contributed by atoms with E-state index >= 15 is 0 Å². The van der Waals surface area contributed by atoms with Crippen LogP contribution in [0.25, 0.3) is 11.1 Å². The monoisotopic (exact) mass is 437 g/mol. The van der Waals surface area contributed by atoms with Gasteiger partial charge < -0.3 is 9.64 Å². The van der Waals surface area contributed by atoms with Crippen molar-refractivity contribution in [3.63, 3.8) is 0 Å². The Labute approximate surface area is 187 Å². The van der Waals surface area contributed by atoms with E-state index in [2.05, 4.69) is 0 Å². The lowest BCUT2D eigenvalue weighted by atomic mass is 9.63. The van der Waals surface area contributed by atoms with Gasteiger partial charge in [0.05, 0.1) is 13.0 Å². The van der Waals surface area contributed by atoms with Gasteiger partial charge in [0.15, 0.2) is 0 Å². The number of Topliss-reactive ketones (excluding diaryl/α,β-unsaturated/α-hetero) is 2. The molecular weight excluding hydrogens is 409 g/mol. The van der Waals surface area contributed by atoms with Crippen molar-refractivity contribution in [1.82, 2.24) is 4.90 Å². The van der Waals surface area contributed by atoms with Crippen LogP contribution in [-0.4, -0.2) is 49.2 Å². The van der Waals surface area contributed by atoms with Crippen molar-refractivity contribution < 1.29 is 23.5 Å². The molecule has 0 unspecified atom stereocenters. The Balaban J connectivity index is 1.52. The van der Waals surface area contributed by atoms with Crippen LogP contribution in [0, 0.1) is 25.1 Å². The highest BCUT2D eigenvalue weighted by atomic mass is 19.1. The van der Waals surface area contributed by atoms with Crippen LogP contribution >= 0.6 is 0 Å². The van der Waals surface area contributed by atoms with Crippen molar-refractivity contribution in [3.05, 3.63) is 58.9 Å². The van der Waals surface area contributed by atoms with Gasteiger partial charge in [-0.25, -0.2) is 4.39 Å². The summed E-state index contributed by atoms with van der Waals surface area (Å²) in [6, 6.07) is 10.2. The molecule has 4 rings (SSSR count). The number of methoxy groups -OCH3 is 1. The molecule has 0 aromatic heterocycles. The molecule has 1 spiro atoms. The van der Waals surface area contributed by atoms with E-state index in [1.807, 2.05) is 26.0 Å². The molecule has 168 valence electrons. The second-order valence-corrected chi connectivity index (χ2v) is 9.24. The molecule has 0 atom stereocenters. The normalized spacial score (nSPS) is 18.2. The zero-order valence-electron chi connectivity index (χ0n) is 18.7. The van der Waals surface area contributed by atoms with Gasteiger partial charge in [0, 0.05) is 38.5 Å². The molecule has 0 radical (unpaired) electrons. The van der Waals surface area contributed by atoms with Crippen LogP contribution in [0.15, 0.2) is 36.4 Å². The molecule has 0 bridgehead atoms. The fourth-order valence-electron chi connectivity index (χ4n) is 5.26. The Kier molecular flexibility index (Phi) is 5.99. The molecule has 2 aromatic rings. The highest BCUT2D eigenvalue weighted by molar-refractivity contribution is 6.11. The topological polar surface area (TPSA) is 63.7 Å². The number of likely N-dealkylation sites (tertiary alicyclic amines) is 1. The van der Waals surface area contributed by atoms with E-state index in [1.54, 1.807) is 24.1 Å². The van der Waals surface area contributed by atoms with Crippen molar-refractivity contribution in [2.45, 2.75) is 39.0 Å². The number of carbonyl (C=O) groups is 3. The first-order chi connectivity index (χ1) is 15.2. The molecule has 1 heterocycles. The average Bonchev–Trinajstić information content (AvgIpc) is 2.71. The smallest absolute Gasteiger partial charge is 0.224 e. The molecule has 1 amide bonds. The predicted molar refractivity (Wildman–Crippen MR) is 119 cm³/mol. The third-order valence-electron chi connectivity index (χ3n) is 6.73. The molecular formula is C26H28FNO4. The lowest BCUT2D eigenvalue weighted by Gasteiger charge is -2.52. The van der Waals surface area contributed by atoms with Crippen LogP contribution in [0.5, 0.6) is 0 Å². The molecule has 1 saturated carbocycles. The van der Waals surface area contributed by atoms with E-state index < -0.39 is 11.3 Å².